The van der Waals surface area contributed by atoms with Gasteiger partial charge in [-0.25, -0.2) is 4.98 Å². The highest BCUT2D eigenvalue weighted by Gasteiger charge is 2.24. The molecule has 1 heterocycles. The second kappa shape index (κ2) is 11.8. The molecule has 0 spiro atoms. The van der Waals surface area contributed by atoms with Crippen molar-refractivity contribution in [3.05, 3.63) is 11.8 Å². The van der Waals surface area contributed by atoms with Gasteiger partial charge in [0.15, 0.2) is 0 Å². The average molecular weight is 396 g/mol. The summed E-state index contributed by atoms with van der Waals surface area (Å²) >= 11 is 0. The van der Waals surface area contributed by atoms with Gasteiger partial charge in [-0.15, -0.1) is 0 Å². The molecule has 28 heavy (non-hydrogen) atoms. The van der Waals surface area contributed by atoms with Crippen LogP contribution in [-0.4, -0.2) is 45.8 Å². The zero-order chi connectivity index (χ0) is 18.4. The lowest BCUT2D eigenvalue weighted by Gasteiger charge is -2.25. The minimum absolute atomic E-state index is 0. The normalized spacial score (nSPS) is 22.4. The van der Waals surface area contributed by atoms with E-state index in [0.717, 1.165) is 44.9 Å². The smallest absolute Gasteiger partial charge is 0.319 e. The van der Waals surface area contributed by atoms with Gasteiger partial charge in [-0.2, -0.15) is 4.98 Å². The topological polar surface area (TPSA) is 93.6 Å². The van der Waals surface area contributed by atoms with E-state index < -0.39 is 0 Å². The zero-order valence-corrected chi connectivity index (χ0v) is 15.4. The first kappa shape index (κ1) is 24.1. The number of aliphatic hydroxyl groups is 1. The SMILES string of the molecule is C.C.CCOc1nc(OC2CCC2)ncc1C(=O)N[C@@H]1CCCC[C@H](O)CC1. The zero-order valence-electron chi connectivity index (χ0n) is 15.4. The minimum atomic E-state index is -0.264. The number of carbonyl (C=O) groups excluding carboxylic acids is 1. The van der Waals surface area contributed by atoms with E-state index in [0.29, 0.717) is 18.6 Å². The molecule has 2 aliphatic carbocycles. The lowest BCUT2D eigenvalue weighted by Crippen LogP contribution is -2.36. The molecule has 2 atom stereocenters. The number of hydrogen-bond acceptors (Lipinski definition) is 6. The Balaban J connectivity index is 0.00000196. The van der Waals surface area contributed by atoms with Gasteiger partial charge < -0.3 is 19.9 Å². The maximum Gasteiger partial charge on any atom is 0.319 e. The third-order valence-corrected chi connectivity index (χ3v) is 5.11. The van der Waals surface area contributed by atoms with E-state index in [1.54, 1.807) is 0 Å². The van der Waals surface area contributed by atoms with Crippen LogP contribution < -0.4 is 14.8 Å². The van der Waals surface area contributed by atoms with Crippen molar-refractivity contribution in [1.82, 2.24) is 15.3 Å². The van der Waals surface area contributed by atoms with Crippen LogP contribution in [0, 0.1) is 0 Å². The van der Waals surface area contributed by atoms with Crippen molar-refractivity contribution in [2.24, 2.45) is 0 Å². The van der Waals surface area contributed by atoms with Crippen LogP contribution in [0.1, 0.15) is 89.9 Å². The average Bonchev–Trinajstić information content (AvgIpc) is 2.58. The van der Waals surface area contributed by atoms with Crippen molar-refractivity contribution in [2.45, 2.75) is 97.8 Å². The molecule has 2 fully saturated rings. The van der Waals surface area contributed by atoms with Gasteiger partial charge in [0, 0.05) is 6.04 Å². The molecule has 1 aromatic rings. The Morgan fingerprint density at radius 2 is 1.89 bits per heavy atom. The third kappa shape index (κ3) is 6.62. The number of hydrogen-bond donors (Lipinski definition) is 2. The van der Waals surface area contributed by atoms with Gasteiger partial charge in [-0.3, -0.25) is 4.79 Å². The molecule has 160 valence electrons. The summed E-state index contributed by atoms with van der Waals surface area (Å²) in [4.78, 5) is 21.2. The van der Waals surface area contributed by atoms with Crippen molar-refractivity contribution in [3.8, 4) is 11.9 Å². The Kier molecular flexibility index (Phi) is 10.2. The highest BCUT2D eigenvalue weighted by atomic mass is 16.5. The number of carbonyl (C=O) groups is 1. The molecule has 1 amide bonds. The van der Waals surface area contributed by atoms with Crippen molar-refractivity contribution in [3.63, 3.8) is 0 Å². The summed E-state index contributed by atoms with van der Waals surface area (Å²) in [7, 11) is 0. The lowest BCUT2D eigenvalue weighted by atomic mass is 9.95. The standard InChI is InChI=1S/C19H29N3O4.2CH4/c1-2-25-18-16(12-20-19(22-18)26-15-8-5-9-15)17(24)21-13-6-3-4-7-14(23)11-10-13;;/h12-15,23H,2-11H2,1H3,(H,21,24);2*1H4/t13-,14+;;/m1../s1. The molecule has 2 aliphatic rings. The Morgan fingerprint density at radius 1 is 1.14 bits per heavy atom. The summed E-state index contributed by atoms with van der Waals surface area (Å²) in [6.07, 6.45) is 9.86. The quantitative estimate of drug-likeness (QED) is 0.759. The summed E-state index contributed by atoms with van der Waals surface area (Å²) in [5.41, 5.74) is 0.329. The van der Waals surface area contributed by atoms with Gasteiger partial charge in [0.1, 0.15) is 11.7 Å². The predicted molar refractivity (Wildman–Crippen MR) is 110 cm³/mol. The summed E-state index contributed by atoms with van der Waals surface area (Å²) < 4.78 is 11.3. The molecular weight excluding hydrogens is 358 g/mol. The predicted octanol–water partition coefficient (Wildman–Crippen LogP) is 3.89. The monoisotopic (exact) mass is 395 g/mol. The fourth-order valence-electron chi connectivity index (χ4n) is 3.31. The Bertz CT molecular complexity index is 607. The van der Waals surface area contributed by atoms with E-state index in [1.165, 1.54) is 12.6 Å². The van der Waals surface area contributed by atoms with Crippen LogP contribution in [0.25, 0.3) is 0 Å². The molecule has 0 bridgehead atoms. The van der Waals surface area contributed by atoms with Gasteiger partial charge in [-0.1, -0.05) is 27.7 Å². The van der Waals surface area contributed by atoms with Crippen LogP contribution in [0.5, 0.6) is 11.9 Å². The second-order valence-corrected chi connectivity index (χ2v) is 7.16. The lowest BCUT2D eigenvalue weighted by molar-refractivity contribution is 0.0901. The fourth-order valence-corrected chi connectivity index (χ4v) is 3.31. The maximum atomic E-state index is 12.7. The Hall–Kier alpha value is -1.89. The number of nitrogens with zero attached hydrogens (tertiary/aromatic N) is 2. The number of amides is 1. The first-order valence-electron chi connectivity index (χ1n) is 9.81. The second-order valence-electron chi connectivity index (χ2n) is 7.16. The van der Waals surface area contributed by atoms with E-state index in [4.69, 9.17) is 9.47 Å². The van der Waals surface area contributed by atoms with E-state index in [9.17, 15) is 9.90 Å². The molecule has 2 saturated carbocycles. The first-order valence-corrected chi connectivity index (χ1v) is 9.81. The van der Waals surface area contributed by atoms with Gasteiger partial charge in [-0.05, 0) is 51.9 Å². The first-order chi connectivity index (χ1) is 12.7. The Morgan fingerprint density at radius 3 is 2.57 bits per heavy atom. The highest BCUT2D eigenvalue weighted by Crippen LogP contribution is 2.25. The van der Waals surface area contributed by atoms with Crippen LogP contribution in [0.2, 0.25) is 0 Å². The van der Waals surface area contributed by atoms with E-state index >= 15 is 0 Å². The molecule has 3 rings (SSSR count). The van der Waals surface area contributed by atoms with Crippen molar-refractivity contribution in [2.75, 3.05) is 6.61 Å². The van der Waals surface area contributed by atoms with E-state index in [2.05, 4.69) is 15.3 Å². The van der Waals surface area contributed by atoms with Crippen LogP contribution in [0.4, 0.5) is 0 Å². The van der Waals surface area contributed by atoms with Gasteiger partial charge in [0.2, 0.25) is 5.88 Å². The van der Waals surface area contributed by atoms with Crippen LogP contribution in [0.3, 0.4) is 0 Å². The molecule has 1 aromatic heterocycles. The summed E-state index contributed by atoms with van der Waals surface area (Å²) in [6.45, 7) is 2.27. The number of ether oxygens (including phenoxy) is 2. The van der Waals surface area contributed by atoms with Gasteiger partial charge in [0.05, 0.1) is 18.9 Å². The molecular formula is C21H37N3O4. The molecule has 0 aliphatic heterocycles. The number of aromatic nitrogens is 2. The van der Waals surface area contributed by atoms with Gasteiger partial charge in [0.25, 0.3) is 5.91 Å². The summed E-state index contributed by atoms with van der Waals surface area (Å²) in [6, 6.07) is 0.321. The maximum absolute atomic E-state index is 12.7. The van der Waals surface area contributed by atoms with Crippen LogP contribution in [0.15, 0.2) is 6.20 Å². The highest BCUT2D eigenvalue weighted by molar-refractivity contribution is 5.96. The van der Waals surface area contributed by atoms with E-state index in [-0.39, 0.29) is 50.9 Å². The number of rotatable bonds is 6. The largest absolute Gasteiger partial charge is 0.477 e. The molecule has 0 radical (unpaired) electrons. The fraction of sp³-hybridized carbons (Fsp3) is 0.762. The van der Waals surface area contributed by atoms with Crippen LogP contribution in [-0.2, 0) is 0 Å². The minimum Gasteiger partial charge on any atom is -0.477 e. The number of aliphatic hydroxyl groups excluding tert-OH is 1. The molecule has 7 nitrogen and oxygen atoms in total. The van der Waals surface area contributed by atoms with Crippen molar-refractivity contribution in [1.29, 1.82) is 0 Å². The van der Waals surface area contributed by atoms with Crippen molar-refractivity contribution < 1.29 is 19.4 Å². The molecule has 0 saturated heterocycles. The Labute approximate surface area is 169 Å². The van der Waals surface area contributed by atoms with Gasteiger partial charge >= 0.3 is 6.01 Å². The molecule has 0 unspecified atom stereocenters. The molecule has 2 N–H and O–H groups in total. The van der Waals surface area contributed by atoms with E-state index in [1.807, 2.05) is 6.92 Å². The molecule has 7 heteroatoms. The summed E-state index contributed by atoms with van der Waals surface area (Å²) in [5.74, 6) is 0.0314. The van der Waals surface area contributed by atoms with Crippen LogP contribution >= 0.6 is 0 Å². The molecule has 0 aromatic carbocycles. The number of nitrogens with one attached hydrogen (secondary N) is 1. The third-order valence-electron chi connectivity index (χ3n) is 5.11. The summed E-state index contributed by atoms with van der Waals surface area (Å²) in [5, 5.41) is 12.9. The van der Waals surface area contributed by atoms with Crippen molar-refractivity contribution >= 4 is 5.91 Å².